The Labute approximate surface area is 87.8 Å². The van der Waals surface area contributed by atoms with E-state index in [4.69, 9.17) is 5.73 Å². The van der Waals surface area contributed by atoms with Crippen LogP contribution < -0.4 is 5.73 Å². The van der Waals surface area contributed by atoms with E-state index in [9.17, 15) is 0 Å². The van der Waals surface area contributed by atoms with E-state index in [1.165, 1.54) is 38.8 Å². The summed E-state index contributed by atoms with van der Waals surface area (Å²) >= 11 is 0. The van der Waals surface area contributed by atoms with Gasteiger partial charge in [0, 0.05) is 19.1 Å². The van der Waals surface area contributed by atoms with Crippen LogP contribution in [0.5, 0.6) is 0 Å². The maximum Gasteiger partial charge on any atom is 0.00420 e. The highest BCUT2D eigenvalue weighted by Crippen LogP contribution is 2.38. The van der Waals surface area contributed by atoms with E-state index in [1.54, 1.807) is 0 Å². The standard InChI is InChI=1S/C12H24N2/c1-9-5-11(9)8-14(2)7-10-3-4-12(13)6-10/h9-12H,3-8,13H2,1-2H3. The lowest BCUT2D eigenvalue weighted by Crippen LogP contribution is -2.27. The molecule has 2 saturated carbocycles. The molecule has 82 valence electrons. The Morgan fingerprint density at radius 1 is 1.21 bits per heavy atom. The second kappa shape index (κ2) is 4.19. The summed E-state index contributed by atoms with van der Waals surface area (Å²) in [5.41, 5.74) is 5.92. The van der Waals surface area contributed by atoms with Gasteiger partial charge in [-0.2, -0.15) is 0 Å². The number of nitrogens with zero attached hydrogens (tertiary/aromatic N) is 1. The largest absolute Gasteiger partial charge is 0.328 e. The average molecular weight is 196 g/mol. The predicted octanol–water partition coefficient (Wildman–Crippen LogP) is 1.70. The Kier molecular flexibility index (Phi) is 3.13. The zero-order valence-electron chi connectivity index (χ0n) is 9.58. The van der Waals surface area contributed by atoms with Crippen molar-refractivity contribution in [3.8, 4) is 0 Å². The molecule has 0 spiro atoms. The molecule has 14 heavy (non-hydrogen) atoms. The fourth-order valence-corrected chi connectivity index (χ4v) is 2.85. The lowest BCUT2D eigenvalue weighted by Gasteiger charge is -2.20. The number of hydrogen-bond acceptors (Lipinski definition) is 2. The van der Waals surface area contributed by atoms with Crippen molar-refractivity contribution in [3.63, 3.8) is 0 Å². The molecular formula is C12H24N2. The SMILES string of the molecule is CC1CC1CN(C)CC1CCC(N)C1. The van der Waals surface area contributed by atoms with Crippen LogP contribution >= 0.6 is 0 Å². The van der Waals surface area contributed by atoms with E-state index in [0.29, 0.717) is 6.04 Å². The van der Waals surface area contributed by atoms with E-state index in [-0.39, 0.29) is 0 Å². The number of rotatable bonds is 4. The molecule has 0 bridgehead atoms. The van der Waals surface area contributed by atoms with Crippen molar-refractivity contribution < 1.29 is 0 Å². The summed E-state index contributed by atoms with van der Waals surface area (Å²) in [6.45, 7) is 4.95. The summed E-state index contributed by atoms with van der Waals surface area (Å²) in [5, 5.41) is 0. The quantitative estimate of drug-likeness (QED) is 0.741. The fraction of sp³-hybridized carbons (Fsp3) is 1.00. The molecule has 2 heteroatoms. The Morgan fingerprint density at radius 3 is 2.43 bits per heavy atom. The van der Waals surface area contributed by atoms with Crippen LogP contribution in [0, 0.1) is 17.8 Å². The van der Waals surface area contributed by atoms with Gasteiger partial charge in [-0.25, -0.2) is 0 Å². The molecule has 2 aliphatic rings. The topological polar surface area (TPSA) is 29.3 Å². The summed E-state index contributed by atoms with van der Waals surface area (Å²) in [7, 11) is 2.27. The molecule has 0 heterocycles. The minimum atomic E-state index is 0.494. The molecule has 2 N–H and O–H groups in total. The maximum atomic E-state index is 5.92. The van der Waals surface area contributed by atoms with E-state index in [1.807, 2.05) is 0 Å². The van der Waals surface area contributed by atoms with Crippen LogP contribution in [0.1, 0.15) is 32.6 Å². The van der Waals surface area contributed by atoms with Crippen molar-refractivity contribution >= 4 is 0 Å². The Hall–Kier alpha value is -0.0800. The van der Waals surface area contributed by atoms with Gasteiger partial charge in [-0.1, -0.05) is 6.92 Å². The van der Waals surface area contributed by atoms with Gasteiger partial charge < -0.3 is 10.6 Å². The van der Waals surface area contributed by atoms with Crippen LogP contribution in [-0.2, 0) is 0 Å². The first-order valence-electron chi connectivity index (χ1n) is 6.09. The van der Waals surface area contributed by atoms with Crippen molar-refractivity contribution in [1.29, 1.82) is 0 Å². The first kappa shape index (κ1) is 10.4. The summed E-state index contributed by atoms with van der Waals surface area (Å²) in [4.78, 5) is 2.52. The number of hydrogen-bond donors (Lipinski definition) is 1. The third kappa shape index (κ3) is 2.71. The fourth-order valence-electron chi connectivity index (χ4n) is 2.85. The molecule has 2 fully saturated rings. The number of nitrogens with two attached hydrogens (primary N) is 1. The highest BCUT2D eigenvalue weighted by molar-refractivity contribution is 4.86. The first-order valence-corrected chi connectivity index (χ1v) is 6.09. The van der Waals surface area contributed by atoms with E-state index in [2.05, 4.69) is 18.9 Å². The molecule has 0 aromatic rings. The Balaban J connectivity index is 1.64. The van der Waals surface area contributed by atoms with Crippen LogP contribution in [0.3, 0.4) is 0 Å². The second-order valence-corrected chi connectivity index (χ2v) is 5.63. The van der Waals surface area contributed by atoms with Crippen LogP contribution in [0.2, 0.25) is 0 Å². The monoisotopic (exact) mass is 196 g/mol. The minimum absolute atomic E-state index is 0.494. The van der Waals surface area contributed by atoms with Gasteiger partial charge in [-0.3, -0.25) is 0 Å². The van der Waals surface area contributed by atoms with Gasteiger partial charge in [0.25, 0.3) is 0 Å². The lowest BCUT2D eigenvalue weighted by atomic mass is 10.1. The molecule has 0 amide bonds. The van der Waals surface area contributed by atoms with E-state index < -0.39 is 0 Å². The van der Waals surface area contributed by atoms with Crippen LogP contribution in [0.15, 0.2) is 0 Å². The lowest BCUT2D eigenvalue weighted by molar-refractivity contribution is 0.264. The predicted molar refractivity (Wildman–Crippen MR) is 60.1 cm³/mol. The van der Waals surface area contributed by atoms with Crippen molar-refractivity contribution in [3.05, 3.63) is 0 Å². The smallest absolute Gasteiger partial charge is 0.00420 e. The van der Waals surface area contributed by atoms with Gasteiger partial charge in [0.2, 0.25) is 0 Å². The summed E-state index contributed by atoms with van der Waals surface area (Å²) in [5.74, 6) is 2.86. The third-order valence-electron chi connectivity index (χ3n) is 3.97. The molecule has 0 aliphatic heterocycles. The van der Waals surface area contributed by atoms with Crippen molar-refractivity contribution in [2.75, 3.05) is 20.1 Å². The van der Waals surface area contributed by atoms with Gasteiger partial charge >= 0.3 is 0 Å². The molecule has 0 saturated heterocycles. The molecule has 4 atom stereocenters. The Morgan fingerprint density at radius 2 is 1.93 bits per heavy atom. The molecule has 4 unspecified atom stereocenters. The highest BCUT2D eigenvalue weighted by Gasteiger charge is 2.33. The first-order chi connectivity index (χ1) is 6.65. The van der Waals surface area contributed by atoms with Gasteiger partial charge in [0.15, 0.2) is 0 Å². The normalized spacial score (nSPS) is 42.0. The van der Waals surface area contributed by atoms with Gasteiger partial charge in [0.05, 0.1) is 0 Å². The zero-order chi connectivity index (χ0) is 10.1. The van der Waals surface area contributed by atoms with Crippen molar-refractivity contribution in [2.45, 2.75) is 38.6 Å². The second-order valence-electron chi connectivity index (χ2n) is 5.63. The van der Waals surface area contributed by atoms with Crippen molar-refractivity contribution in [1.82, 2.24) is 4.90 Å². The molecule has 0 aromatic heterocycles. The Bertz CT molecular complexity index is 193. The zero-order valence-corrected chi connectivity index (χ0v) is 9.58. The minimum Gasteiger partial charge on any atom is -0.328 e. The highest BCUT2D eigenvalue weighted by atomic mass is 15.1. The van der Waals surface area contributed by atoms with Crippen LogP contribution in [-0.4, -0.2) is 31.1 Å². The molecular weight excluding hydrogens is 172 g/mol. The van der Waals surface area contributed by atoms with Gasteiger partial charge in [-0.05, 0) is 50.5 Å². The van der Waals surface area contributed by atoms with E-state index in [0.717, 1.165) is 17.8 Å². The van der Waals surface area contributed by atoms with Gasteiger partial charge in [-0.15, -0.1) is 0 Å². The van der Waals surface area contributed by atoms with Crippen LogP contribution in [0.4, 0.5) is 0 Å². The molecule has 0 aromatic carbocycles. The molecule has 2 aliphatic carbocycles. The molecule has 2 nitrogen and oxygen atoms in total. The van der Waals surface area contributed by atoms with Crippen LogP contribution in [0.25, 0.3) is 0 Å². The van der Waals surface area contributed by atoms with Gasteiger partial charge in [0.1, 0.15) is 0 Å². The molecule has 0 radical (unpaired) electrons. The molecule has 2 rings (SSSR count). The third-order valence-corrected chi connectivity index (χ3v) is 3.97. The average Bonchev–Trinajstić information content (AvgIpc) is 2.59. The van der Waals surface area contributed by atoms with E-state index >= 15 is 0 Å². The summed E-state index contributed by atoms with van der Waals surface area (Å²) < 4.78 is 0. The summed E-state index contributed by atoms with van der Waals surface area (Å²) in [6.07, 6.45) is 5.31. The maximum absolute atomic E-state index is 5.92. The van der Waals surface area contributed by atoms with Crippen molar-refractivity contribution in [2.24, 2.45) is 23.5 Å². The summed E-state index contributed by atoms with van der Waals surface area (Å²) in [6, 6.07) is 0.494.